The van der Waals surface area contributed by atoms with Crippen molar-refractivity contribution >= 4 is 17.3 Å². The lowest BCUT2D eigenvalue weighted by Crippen LogP contribution is -2.19. The van der Waals surface area contributed by atoms with E-state index in [2.05, 4.69) is 15.1 Å². The number of benzene rings is 1. The van der Waals surface area contributed by atoms with Crippen LogP contribution >= 0.6 is 11.6 Å². The van der Waals surface area contributed by atoms with Crippen molar-refractivity contribution < 1.29 is 0 Å². The van der Waals surface area contributed by atoms with Gasteiger partial charge in [0.1, 0.15) is 0 Å². The van der Waals surface area contributed by atoms with Gasteiger partial charge in [-0.15, -0.1) is 0 Å². The highest BCUT2D eigenvalue weighted by Gasteiger charge is 2.01. The summed E-state index contributed by atoms with van der Waals surface area (Å²) in [5.41, 5.74) is 8.63. The highest BCUT2D eigenvalue weighted by atomic mass is 35.5. The minimum absolute atomic E-state index is 0.183. The molecular weight excluding hydrogens is 242 g/mol. The van der Waals surface area contributed by atoms with Crippen molar-refractivity contribution in [2.75, 3.05) is 0 Å². The van der Waals surface area contributed by atoms with Crippen LogP contribution in [0.1, 0.15) is 0 Å². The molecule has 1 heterocycles. The molecule has 84 valence electrons. The fourth-order valence-corrected chi connectivity index (χ4v) is 1.41. The normalized spacial score (nSPS) is 9.71. The van der Waals surface area contributed by atoms with Crippen LogP contribution in [0.2, 0.25) is 5.02 Å². The summed E-state index contributed by atoms with van der Waals surface area (Å²) in [4.78, 5) is 14.3. The summed E-state index contributed by atoms with van der Waals surface area (Å²) in [6.45, 7) is 0. The Bertz CT molecular complexity index is 642. The highest BCUT2D eigenvalue weighted by Crippen LogP contribution is 2.12. The maximum atomic E-state index is 11.7. The molecule has 0 saturated heterocycles. The number of rotatable bonds is 2. The van der Waals surface area contributed by atoms with E-state index in [-0.39, 0.29) is 11.2 Å². The molecule has 0 atom stereocenters. The van der Waals surface area contributed by atoms with Crippen LogP contribution in [0.15, 0.2) is 46.4 Å². The summed E-state index contributed by atoms with van der Waals surface area (Å²) >= 11 is 5.74. The molecule has 0 N–H and O–H groups in total. The first-order chi connectivity index (χ1) is 8.20. The molecule has 0 aliphatic carbocycles. The van der Waals surface area contributed by atoms with Gasteiger partial charge in [0, 0.05) is 16.0 Å². The fraction of sp³-hybridized carbons (Fsp3) is 0. The standard InChI is InChI=1S/C10H6ClN5O/c11-7-1-3-9(4-2-7)16-10(17)5-8(6-13-16)14-15-12/h1-6H. The molecule has 0 aliphatic rings. The van der Waals surface area contributed by atoms with E-state index in [1.807, 2.05) is 0 Å². The zero-order valence-electron chi connectivity index (χ0n) is 8.49. The predicted octanol–water partition coefficient (Wildman–Crippen LogP) is 2.83. The number of nitrogens with zero attached hydrogens (tertiary/aromatic N) is 5. The number of hydrogen-bond acceptors (Lipinski definition) is 3. The molecule has 0 fully saturated rings. The summed E-state index contributed by atoms with van der Waals surface area (Å²) < 4.78 is 1.19. The van der Waals surface area contributed by atoms with Gasteiger partial charge in [0.15, 0.2) is 0 Å². The van der Waals surface area contributed by atoms with E-state index >= 15 is 0 Å². The average Bonchev–Trinajstić information content (AvgIpc) is 2.31. The second-order valence-electron chi connectivity index (χ2n) is 3.13. The lowest BCUT2D eigenvalue weighted by atomic mass is 10.3. The second kappa shape index (κ2) is 4.69. The largest absolute Gasteiger partial charge is 0.271 e. The van der Waals surface area contributed by atoms with E-state index in [9.17, 15) is 4.79 Å². The molecule has 2 aromatic rings. The van der Waals surface area contributed by atoms with Crippen LogP contribution < -0.4 is 5.56 Å². The number of hydrogen-bond donors (Lipinski definition) is 0. The van der Waals surface area contributed by atoms with Gasteiger partial charge in [-0.2, -0.15) is 9.78 Å². The van der Waals surface area contributed by atoms with Crippen molar-refractivity contribution in [1.29, 1.82) is 0 Å². The molecule has 0 saturated carbocycles. The minimum Gasteiger partial charge on any atom is -0.267 e. The third-order valence-electron chi connectivity index (χ3n) is 2.02. The lowest BCUT2D eigenvalue weighted by molar-refractivity contribution is 0.807. The SMILES string of the molecule is [N-]=[N+]=Nc1cnn(-c2ccc(Cl)cc2)c(=O)c1. The van der Waals surface area contributed by atoms with Crippen molar-refractivity contribution in [2.45, 2.75) is 0 Å². The van der Waals surface area contributed by atoms with Crippen LogP contribution in [-0.4, -0.2) is 9.78 Å². The molecule has 0 aliphatic heterocycles. The maximum Gasteiger partial charge on any atom is 0.271 e. The predicted molar refractivity (Wildman–Crippen MR) is 63.7 cm³/mol. The highest BCUT2D eigenvalue weighted by molar-refractivity contribution is 6.30. The minimum atomic E-state index is -0.378. The van der Waals surface area contributed by atoms with Gasteiger partial charge in [-0.05, 0) is 29.8 Å². The van der Waals surface area contributed by atoms with Crippen molar-refractivity contribution in [3.63, 3.8) is 0 Å². The zero-order valence-corrected chi connectivity index (χ0v) is 9.24. The summed E-state index contributed by atoms with van der Waals surface area (Å²) in [6, 6.07) is 7.87. The topological polar surface area (TPSA) is 83.7 Å². The van der Waals surface area contributed by atoms with Crippen LogP contribution in [0.25, 0.3) is 16.1 Å². The van der Waals surface area contributed by atoms with E-state index in [4.69, 9.17) is 17.1 Å². The Hall–Kier alpha value is -2.30. The Morgan fingerprint density at radius 3 is 2.65 bits per heavy atom. The van der Waals surface area contributed by atoms with Gasteiger partial charge in [0.2, 0.25) is 0 Å². The van der Waals surface area contributed by atoms with E-state index in [0.29, 0.717) is 10.7 Å². The van der Waals surface area contributed by atoms with Gasteiger partial charge in [0.05, 0.1) is 17.6 Å². The fourth-order valence-electron chi connectivity index (χ4n) is 1.28. The summed E-state index contributed by atoms with van der Waals surface area (Å²) in [5, 5.41) is 7.77. The summed E-state index contributed by atoms with van der Waals surface area (Å²) in [6.07, 6.45) is 1.32. The van der Waals surface area contributed by atoms with Crippen LogP contribution in [0.5, 0.6) is 0 Å². The molecule has 6 nitrogen and oxygen atoms in total. The first-order valence-electron chi connectivity index (χ1n) is 4.61. The molecule has 0 bridgehead atoms. The Kier molecular flexibility index (Phi) is 3.09. The smallest absolute Gasteiger partial charge is 0.267 e. The second-order valence-corrected chi connectivity index (χ2v) is 3.57. The molecule has 0 amide bonds. The molecule has 2 rings (SSSR count). The molecule has 1 aromatic carbocycles. The maximum absolute atomic E-state index is 11.7. The number of aromatic nitrogens is 2. The summed E-state index contributed by atoms with van der Waals surface area (Å²) in [5.74, 6) is 0. The third-order valence-corrected chi connectivity index (χ3v) is 2.27. The first kappa shape index (κ1) is 11.2. The van der Waals surface area contributed by atoms with E-state index in [0.717, 1.165) is 0 Å². The number of halogens is 1. The van der Waals surface area contributed by atoms with Crippen LogP contribution in [0.3, 0.4) is 0 Å². The average molecular weight is 248 g/mol. The van der Waals surface area contributed by atoms with Crippen molar-refractivity contribution in [2.24, 2.45) is 5.11 Å². The monoisotopic (exact) mass is 247 g/mol. The molecule has 7 heteroatoms. The van der Waals surface area contributed by atoms with Gasteiger partial charge in [-0.1, -0.05) is 16.7 Å². The molecule has 0 radical (unpaired) electrons. The van der Waals surface area contributed by atoms with Crippen LogP contribution in [-0.2, 0) is 0 Å². The van der Waals surface area contributed by atoms with Gasteiger partial charge >= 0.3 is 0 Å². The molecule has 17 heavy (non-hydrogen) atoms. The van der Waals surface area contributed by atoms with Crippen molar-refractivity contribution in [3.05, 3.63) is 62.3 Å². The van der Waals surface area contributed by atoms with E-state index in [1.165, 1.54) is 16.9 Å². The van der Waals surface area contributed by atoms with Crippen LogP contribution in [0, 0.1) is 0 Å². The van der Waals surface area contributed by atoms with E-state index in [1.54, 1.807) is 24.3 Å². The quantitative estimate of drug-likeness (QED) is 0.464. The Morgan fingerprint density at radius 1 is 1.35 bits per heavy atom. The molecule has 0 spiro atoms. The van der Waals surface area contributed by atoms with Crippen LogP contribution in [0.4, 0.5) is 5.69 Å². The Labute approximate surface area is 101 Å². The Morgan fingerprint density at radius 2 is 2.06 bits per heavy atom. The molecular formula is C10H6ClN5O. The van der Waals surface area contributed by atoms with Gasteiger partial charge in [0.25, 0.3) is 5.56 Å². The van der Waals surface area contributed by atoms with Crippen molar-refractivity contribution in [3.8, 4) is 5.69 Å². The van der Waals surface area contributed by atoms with Gasteiger partial charge in [-0.3, -0.25) is 4.79 Å². The van der Waals surface area contributed by atoms with E-state index < -0.39 is 0 Å². The van der Waals surface area contributed by atoms with Crippen molar-refractivity contribution in [1.82, 2.24) is 9.78 Å². The first-order valence-corrected chi connectivity index (χ1v) is 4.99. The van der Waals surface area contributed by atoms with Gasteiger partial charge < -0.3 is 0 Å². The zero-order chi connectivity index (χ0) is 12.3. The lowest BCUT2D eigenvalue weighted by Gasteiger charge is -2.03. The van der Waals surface area contributed by atoms with Gasteiger partial charge in [-0.25, -0.2) is 0 Å². The Balaban J connectivity index is 2.50. The summed E-state index contributed by atoms with van der Waals surface area (Å²) in [7, 11) is 0. The number of azide groups is 1. The molecule has 1 aromatic heterocycles. The molecule has 0 unspecified atom stereocenters. The third kappa shape index (κ3) is 2.44.